The van der Waals surface area contributed by atoms with E-state index in [1.54, 1.807) is 6.07 Å². The van der Waals surface area contributed by atoms with Crippen LogP contribution in [0, 0.1) is 6.92 Å². The molecule has 0 fully saturated rings. The lowest BCUT2D eigenvalue weighted by molar-refractivity contribution is -0.123. The molecule has 0 atom stereocenters. The third kappa shape index (κ3) is 4.57. The molecule has 2 rings (SSSR count). The van der Waals surface area contributed by atoms with E-state index in [0.29, 0.717) is 10.8 Å². The van der Waals surface area contributed by atoms with E-state index >= 15 is 0 Å². The SMILES string of the molecule is Cc1cccc(OCC(=O)NCc2nc(C(=O)O)cs2)c1. The number of aromatic carboxylic acids is 1. The second kappa shape index (κ2) is 6.85. The second-order valence-corrected chi connectivity index (χ2v) is 5.26. The largest absolute Gasteiger partial charge is 0.484 e. The van der Waals surface area contributed by atoms with Gasteiger partial charge < -0.3 is 15.2 Å². The molecule has 2 aromatic rings. The average molecular weight is 306 g/mol. The van der Waals surface area contributed by atoms with Crippen molar-refractivity contribution in [3.05, 3.63) is 45.9 Å². The summed E-state index contributed by atoms with van der Waals surface area (Å²) < 4.78 is 5.36. The molecule has 21 heavy (non-hydrogen) atoms. The average Bonchev–Trinajstić information content (AvgIpc) is 2.92. The van der Waals surface area contributed by atoms with Crippen molar-refractivity contribution in [3.63, 3.8) is 0 Å². The summed E-state index contributed by atoms with van der Waals surface area (Å²) in [4.78, 5) is 26.2. The van der Waals surface area contributed by atoms with Gasteiger partial charge in [0.05, 0.1) is 6.54 Å². The van der Waals surface area contributed by atoms with Gasteiger partial charge in [0.25, 0.3) is 5.91 Å². The van der Waals surface area contributed by atoms with E-state index in [0.717, 1.165) is 5.56 Å². The summed E-state index contributed by atoms with van der Waals surface area (Å²) in [5, 5.41) is 13.3. The lowest BCUT2D eigenvalue weighted by Crippen LogP contribution is -2.28. The number of aromatic nitrogens is 1. The molecule has 0 aliphatic rings. The van der Waals surface area contributed by atoms with E-state index in [2.05, 4.69) is 10.3 Å². The van der Waals surface area contributed by atoms with Gasteiger partial charge in [-0.15, -0.1) is 11.3 Å². The molecule has 0 unspecified atom stereocenters. The van der Waals surface area contributed by atoms with Gasteiger partial charge in [-0.05, 0) is 24.6 Å². The zero-order valence-electron chi connectivity index (χ0n) is 11.3. The van der Waals surface area contributed by atoms with Crippen molar-refractivity contribution in [3.8, 4) is 5.75 Å². The van der Waals surface area contributed by atoms with Crippen LogP contribution in [0.1, 0.15) is 21.1 Å². The van der Waals surface area contributed by atoms with Crippen LogP contribution in [0.4, 0.5) is 0 Å². The van der Waals surface area contributed by atoms with Gasteiger partial charge >= 0.3 is 5.97 Å². The number of ether oxygens (including phenoxy) is 1. The van der Waals surface area contributed by atoms with Gasteiger partial charge in [0.2, 0.25) is 0 Å². The Morgan fingerprint density at radius 3 is 2.90 bits per heavy atom. The summed E-state index contributed by atoms with van der Waals surface area (Å²) in [5.74, 6) is -0.734. The van der Waals surface area contributed by atoms with Gasteiger partial charge in [0, 0.05) is 5.38 Å². The van der Waals surface area contributed by atoms with Crippen molar-refractivity contribution in [1.82, 2.24) is 10.3 Å². The van der Waals surface area contributed by atoms with Crippen LogP contribution in [0.15, 0.2) is 29.6 Å². The number of aryl methyl sites for hydroxylation is 1. The van der Waals surface area contributed by atoms with Gasteiger partial charge in [-0.3, -0.25) is 4.79 Å². The molecule has 0 radical (unpaired) electrons. The van der Waals surface area contributed by atoms with Gasteiger partial charge in [-0.25, -0.2) is 9.78 Å². The molecule has 1 aromatic carbocycles. The van der Waals surface area contributed by atoms with E-state index in [1.807, 2.05) is 25.1 Å². The predicted molar refractivity (Wildman–Crippen MR) is 77.6 cm³/mol. The first-order valence-corrected chi connectivity index (χ1v) is 7.06. The summed E-state index contributed by atoms with van der Waals surface area (Å²) in [6, 6.07) is 7.41. The van der Waals surface area contributed by atoms with Crippen LogP contribution < -0.4 is 10.1 Å². The van der Waals surface area contributed by atoms with Crippen molar-refractivity contribution in [2.45, 2.75) is 13.5 Å². The van der Waals surface area contributed by atoms with Crippen LogP contribution in [-0.2, 0) is 11.3 Å². The Bertz CT molecular complexity index is 654. The van der Waals surface area contributed by atoms with Gasteiger partial charge in [0.15, 0.2) is 12.3 Å². The monoisotopic (exact) mass is 306 g/mol. The molecule has 0 saturated carbocycles. The number of carboxylic acid groups (broad SMARTS) is 1. The summed E-state index contributed by atoms with van der Waals surface area (Å²) in [6.45, 7) is 2.03. The number of amides is 1. The Kier molecular flexibility index (Phi) is 4.89. The van der Waals surface area contributed by atoms with Crippen molar-refractivity contribution >= 4 is 23.2 Å². The van der Waals surface area contributed by atoms with Crippen LogP contribution in [-0.4, -0.2) is 28.6 Å². The maximum atomic E-state index is 11.6. The Morgan fingerprint density at radius 1 is 1.43 bits per heavy atom. The predicted octanol–water partition coefficient (Wildman–Crippen LogP) is 1.84. The normalized spacial score (nSPS) is 10.1. The molecular weight excluding hydrogens is 292 g/mol. The van der Waals surface area contributed by atoms with Crippen LogP contribution >= 0.6 is 11.3 Å². The first-order valence-electron chi connectivity index (χ1n) is 6.18. The molecule has 0 spiro atoms. The minimum absolute atomic E-state index is 0.0136. The molecule has 0 aliphatic heterocycles. The number of rotatable bonds is 6. The quantitative estimate of drug-likeness (QED) is 0.850. The fourth-order valence-electron chi connectivity index (χ4n) is 1.57. The first kappa shape index (κ1) is 15.0. The minimum Gasteiger partial charge on any atom is -0.484 e. The molecule has 2 N–H and O–H groups in total. The molecule has 1 heterocycles. The van der Waals surface area contributed by atoms with E-state index in [-0.39, 0.29) is 24.8 Å². The molecule has 1 amide bonds. The lowest BCUT2D eigenvalue weighted by atomic mass is 10.2. The molecule has 0 aliphatic carbocycles. The van der Waals surface area contributed by atoms with Crippen LogP contribution in [0.3, 0.4) is 0 Å². The minimum atomic E-state index is -1.08. The number of hydrogen-bond acceptors (Lipinski definition) is 5. The van der Waals surface area contributed by atoms with Crippen LogP contribution in [0.5, 0.6) is 5.75 Å². The summed E-state index contributed by atoms with van der Waals surface area (Å²) in [6.07, 6.45) is 0. The maximum Gasteiger partial charge on any atom is 0.355 e. The Labute approximate surface area is 125 Å². The van der Waals surface area contributed by atoms with Gasteiger partial charge in [-0.1, -0.05) is 12.1 Å². The topological polar surface area (TPSA) is 88.5 Å². The van der Waals surface area contributed by atoms with Gasteiger partial charge in [-0.2, -0.15) is 0 Å². The fraction of sp³-hybridized carbons (Fsp3) is 0.214. The number of carboxylic acids is 1. The zero-order valence-corrected chi connectivity index (χ0v) is 12.1. The number of benzene rings is 1. The first-order chi connectivity index (χ1) is 10.0. The second-order valence-electron chi connectivity index (χ2n) is 4.31. The van der Waals surface area contributed by atoms with E-state index in [9.17, 15) is 9.59 Å². The highest BCUT2D eigenvalue weighted by Crippen LogP contribution is 2.12. The Hall–Kier alpha value is -2.41. The molecule has 7 heteroatoms. The standard InChI is InChI=1S/C14H14N2O4S/c1-9-3-2-4-10(5-9)20-7-12(17)15-6-13-16-11(8-21-13)14(18)19/h2-5,8H,6-7H2,1H3,(H,15,17)(H,18,19). The van der Waals surface area contributed by atoms with Crippen LogP contribution in [0.25, 0.3) is 0 Å². The zero-order chi connectivity index (χ0) is 15.2. The number of hydrogen-bond donors (Lipinski definition) is 2. The fourth-order valence-corrected chi connectivity index (χ4v) is 2.28. The third-order valence-corrected chi connectivity index (χ3v) is 3.42. The van der Waals surface area contributed by atoms with Crippen molar-refractivity contribution in [1.29, 1.82) is 0 Å². The molecule has 110 valence electrons. The number of nitrogens with zero attached hydrogens (tertiary/aromatic N) is 1. The molecule has 6 nitrogen and oxygen atoms in total. The molecule has 0 saturated heterocycles. The van der Waals surface area contributed by atoms with E-state index < -0.39 is 5.97 Å². The van der Waals surface area contributed by atoms with Gasteiger partial charge in [0.1, 0.15) is 10.8 Å². The van der Waals surface area contributed by atoms with Crippen molar-refractivity contribution < 1.29 is 19.4 Å². The number of nitrogens with one attached hydrogen (secondary N) is 1. The molecular formula is C14H14N2O4S. The number of carbonyl (C=O) groups is 2. The summed E-state index contributed by atoms with van der Waals surface area (Å²) in [5.41, 5.74) is 1.04. The highest BCUT2D eigenvalue weighted by atomic mass is 32.1. The van der Waals surface area contributed by atoms with E-state index in [4.69, 9.17) is 9.84 Å². The Balaban J connectivity index is 1.78. The van der Waals surface area contributed by atoms with Crippen molar-refractivity contribution in [2.24, 2.45) is 0 Å². The highest BCUT2D eigenvalue weighted by Gasteiger charge is 2.09. The lowest BCUT2D eigenvalue weighted by Gasteiger charge is -2.07. The number of carbonyl (C=O) groups excluding carboxylic acids is 1. The maximum absolute atomic E-state index is 11.6. The van der Waals surface area contributed by atoms with Crippen molar-refractivity contribution in [2.75, 3.05) is 6.61 Å². The van der Waals surface area contributed by atoms with Crippen LogP contribution in [0.2, 0.25) is 0 Å². The third-order valence-electron chi connectivity index (χ3n) is 2.57. The number of thiazole rings is 1. The summed E-state index contributed by atoms with van der Waals surface area (Å²) >= 11 is 1.19. The molecule has 1 aromatic heterocycles. The summed E-state index contributed by atoms with van der Waals surface area (Å²) in [7, 11) is 0. The van der Waals surface area contributed by atoms with E-state index in [1.165, 1.54) is 16.7 Å². The Morgan fingerprint density at radius 2 is 2.24 bits per heavy atom. The molecule has 0 bridgehead atoms. The highest BCUT2D eigenvalue weighted by molar-refractivity contribution is 7.09. The smallest absolute Gasteiger partial charge is 0.355 e.